The summed E-state index contributed by atoms with van der Waals surface area (Å²) >= 11 is 0. The molecule has 40 heavy (non-hydrogen) atoms. The predicted octanol–water partition coefficient (Wildman–Crippen LogP) is 4.92. The van der Waals surface area contributed by atoms with Crippen molar-refractivity contribution in [1.29, 1.82) is 0 Å². The third kappa shape index (κ3) is 6.77. The van der Waals surface area contributed by atoms with E-state index in [1.54, 1.807) is 37.4 Å². The molecule has 0 bridgehead atoms. The van der Waals surface area contributed by atoms with Gasteiger partial charge in [-0.15, -0.1) is 0 Å². The Labute approximate surface area is 233 Å². The second-order valence-electron chi connectivity index (χ2n) is 10.3. The molecule has 1 aliphatic carbocycles. The number of aromatic nitrogens is 1. The number of fused-ring (bicyclic) bond motifs is 1. The number of halogens is 1. The van der Waals surface area contributed by atoms with Crippen LogP contribution in [0.1, 0.15) is 46.4 Å². The first-order chi connectivity index (χ1) is 19.5. The Morgan fingerprint density at radius 3 is 2.67 bits per heavy atom. The lowest BCUT2D eigenvalue weighted by molar-refractivity contribution is -0.120. The number of carbonyl (C=O) groups excluding carboxylic acids is 2. The number of ether oxygens (including phenoxy) is 2. The summed E-state index contributed by atoms with van der Waals surface area (Å²) in [6.45, 7) is 2.90. The van der Waals surface area contributed by atoms with Crippen LogP contribution >= 0.6 is 0 Å². The first-order valence-electron chi connectivity index (χ1n) is 13.8. The molecular weight excluding hydrogens is 511 g/mol. The van der Waals surface area contributed by atoms with Crippen molar-refractivity contribution >= 4 is 17.5 Å². The van der Waals surface area contributed by atoms with Crippen LogP contribution < -0.4 is 20.1 Å². The summed E-state index contributed by atoms with van der Waals surface area (Å²) in [4.78, 5) is 31.7. The first kappa shape index (κ1) is 27.6. The quantitative estimate of drug-likeness (QED) is 0.375. The van der Waals surface area contributed by atoms with Gasteiger partial charge in [0, 0.05) is 31.8 Å². The molecule has 3 aromatic rings. The van der Waals surface area contributed by atoms with Crippen LogP contribution in [0.25, 0.3) is 0 Å². The zero-order valence-corrected chi connectivity index (χ0v) is 22.7. The molecule has 0 saturated carbocycles. The number of hydrogen-bond acceptors (Lipinski definition) is 6. The number of pyridine rings is 1. The Hall–Kier alpha value is -3.98. The first-order valence-corrected chi connectivity index (χ1v) is 13.8. The Kier molecular flexibility index (Phi) is 8.91. The number of rotatable bonds is 10. The van der Waals surface area contributed by atoms with E-state index < -0.39 is 6.67 Å². The van der Waals surface area contributed by atoms with E-state index in [0.29, 0.717) is 47.9 Å². The maximum atomic E-state index is 13.4. The topological polar surface area (TPSA) is 92.8 Å². The van der Waals surface area contributed by atoms with Crippen molar-refractivity contribution in [2.45, 2.75) is 38.8 Å². The summed E-state index contributed by atoms with van der Waals surface area (Å²) in [5.41, 5.74) is 3.50. The van der Waals surface area contributed by atoms with Gasteiger partial charge in [-0.25, -0.2) is 4.39 Å². The number of benzene rings is 2. The molecule has 1 aliphatic heterocycles. The van der Waals surface area contributed by atoms with Gasteiger partial charge in [-0.05, 0) is 92.2 Å². The summed E-state index contributed by atoms with van der Waals surface area (Å²) in [6, 6.07) is 14.2. The maximum Gasteiger partial charge on any atom is 0.269 e. The van der Waals surface area contributed by atoms with Crippen molar-refractivity contribution in [3.63, 3.8) is 0 Å². The monoisotopic (exact) mass is 546 g/mol. The van der Waals surface area contributed by atoms with E-state index in [1.807, 2.05) is 18.2 Å². The minimum atomic E-state index is -0.613. The normalized spacial score (nSPS) is 16.7. The molecule has 0 spiro atoms. The van der Waals surface area contributed by atoms with E-state index in [4.69, 9.17) is 9.47 Å². The Morgan fingerprint density at radius 1 is 1.05 bits per heavy atom. The molecule has 1 aromatic heterocycles. The fourth-order valence-corrected chi connectivity index (χ4v) is 5.29. The number of carbonyl (C=O) groups is 2. The number of nitrogens with one attached hydrogen (secondary N) is 2. The number of anilines is 1. The molecule has 0 radical (unpaired) electrons. The number of nitrogens with zero attached hydrogens (tertiary/aromatic N) is 2. The van der Waals surface area contributed by atoms with E-state index >= 15 is 0 Å². The maximum absolute atomic E-state index is 13.4. The Morgan fingerprint density at radius 2 is 1.88 bits per heavy atom. The smallest absolute Gasteiger partial charge is 0.269 e. The second-order valence-corrected chi connectivity index (χ2v) is 10.3. The van der Waals surface area contributed by atoms with Crippen molar-refractivity contribution in [3.05, 3.63) is 77.1 Å². The highest BCUT2D eigenvalue weighted by molar-refractivity contribution is 5.94. The molecule has 2 aromatic carbocycles. The van der Waals surface area contributed by atoms with E-state index in [9.17, 15) is 14.0 Å². The SMILES string of the molecule is CNC(=O)c1cc(Oc2ccc3c(c2)CC(C(=O)Nc2cc(CF)ccc2OCCN2CCCC2)CC3)ccn1. The summed E-state index contributed by atoms with van der Waals surface area (Å²) in [6.07, 6.45) is 6.01. The molecule has 5 rings (SSSR count). The number of aryl methyl sites for hydroxylation is 1. The van der Waals surface area contributed by atoms with Gasteiger partial charge in [-0.2, -0.15) is 0 Å². The number of likely N-dealkylation sites (tertiary alicyclic amines) is 1. The van der Waals surface area contributed by atoms with Crippen LogP contribution in [0.4, 0.5) is 10.1 Å². The minimum absolute atomic E-state index is 0.110. The molecule has 2 amide bonds. The molecule has 1 unspecified atom stereocenters. The lowest BCUT2D eigenvalue weighted by Crippen LogP contribution is -2.29. The lowest BCUT2D eigenvalue weighted by Gasteiger charge is -2.25. The van der Waals surface area contributed by atoms with Crippen molar-refractivity contribution in [2.75, 3.05) is 38.6 Å². The molecule has 210 valence electrons. The molecule has 2 aliphatic rings. The molecule has 1 saturated heterocycles. The second kappa shape index (κ2) is 12.9. The van der Waals surface area contributed by atoms with Crippen molar-refractivity contribution < 1.29 is 23.5 Å². The van der Waals surface area contributed by atoms with Crippen molar-refractivity contribution in [1.82, 2.24) is 15.2 Å². The molecule has 9 heteroatoms. The van der Waals surface area contributed by atoms with Crippen LogP contribution in [0, 0.1) is 5.92 Å². The van der Waals surface area contributed by atoms with Crippen LogP contribution in [0.15, 0.2) is 54.7 Å². The third-order valence-corrected chi connectivity index (χ3v) is 7.52. The van der Waals surface area contributed by atoms with E-state index in [2.05, 4.69) is 20.5 Å². The average Bonchev–Trinajstić information content (AvgIpc) is 3.51. The van der Waals surface area contributed by atoms with Gasteiger partial charge in [0.2, 0.25) is 5.91 Å². The highest BCUT2D eigenvalue weighted by atomic mass is 19.1. The Bertz CT molecular complexity index is 1360. The number of alkyl halides is 1. The molecule has 1 atom stereocenters. The van der Waals surface area contributed by atoms with Crippen LogP contribution in [0.2, 0.25) is 0 Å². The number of amides is 2. The summed E-state index contributed by atoms with van der Waals surface area (Å²) < 4.78 is 25.5. The van der Waals surface area contributed by atoms with Crippen LogP contribution in [-0.2, 0) is 24.3 Å². The lowest BCUT2D eigenvalue weighted by atomic mass is 9.83. The fraction of sp³-hybridized carbons (Fsp3) is 0.387. The van der Waals surface area contributed by atoms with Crippen LogP contribution in [0.3, 0.4) is 0 Å². The summed E-state index contributed by atoms with van der Waals surface area (Å²) in [5, 5.41) is 5.57. The highest BCUT2D eigenvalue weighted by Crippen LogP contribution is 2.33. The average molecular weight is 547 g/mol. The van der Waals surface area contributed by atoms with Gasteiger partial charge >= 0.3 is 0 Å². The van der Waals surface area contributed by atoms with Crippen LogP contribution in [-0.4, -0.2) is 55.0 Å². The van der Waals surface area contributed by atoms with E-state index in [-0.39, 0.29) is 23.4 Å². The molecule has 2 N–H and O–H groups in total. The highest BCUT2D eigenvalue weighted by Gasteiger charge is 2.26. The van der Waals surface area contributed by atoms with Gasteiger partial charge in [0.1, 0.15) is 36.2 Å². The van der Waals surface area contributed by atoms with E-state index in [0.717, 1.165) is 31.6 Å². The Balaban J connectivity index is 1.24. The van der Waals surface area contributed by atoms with E-state index in [1.165, 1.54) is 24.6 Å². The molecule has 8 nitrogen and oxygen atoms in total. The molecular formula is C31H35FN4O4. The predicted molar refractivity (Wildman–Crippen MR) is 151 cm³/mol. The standard InChI is InChI=1S/C31H35FN4O4/c1-33-31(38)28-19-26(10-11-34-28)40-25-8-7-22-5-6-23(17-24(22)18-25)30(37)35-27-16-21(20-32)4-9-29(27)39-15-14-36-12-2-3-13-36/h4,7-11,16,18-19,23H,2-3,5-6,12-15,17,20H2,1H3,(H,33,38)(H,35,37). The fourth-order valence-electron chi connectivity index (χ4n) is 5.29. The van der Waals surface area contributed by atoms with Crippen molar-refractivity contribution in [2.24, 2.45) is 5.92 Å². The van der Waals surface area contributed by atoms with Gasteiger partial charge in [-0.3, -0.25) is 19.5 Å². The van der Waals surface area contributed by atoms with Gasteiger partial charge in [-0.1, -0.05) is 12.1 Å². The summed E-state index contributed by atoms with van der Waals surface area (Å²) in [7, 11) is 1.55. The summed E-state index contributed by atoms with van der Waals surface area (Å²) in [5.74, 6) is 1.05. The number of hydrogen-bond donors (Lipinski definition) is 2. The largest absolute Gasteiger partial charge is 0.490 e. The van der Waals surface area contributed by atoms with Gasteiger partial charge in [0.05, 0.1) is 5.69 Å². The van der Waals surface area contributed by atoms with Crippen molar-refractivity contribution in [3.8, 4) is 17.2 Å². The molecule has 2 heterocycles. The minimum Gasteiger partial charge on any atom is -0.490 e. The zero-order valence-electron chi connectivity index (χ0n) is 22.7. The van der Waals surface area contributed by atoms with Gasteiger partial charge in [0.15, 0.2) is 0 Å². The zero-order chi connectivity index (χ0) is 27.9. The third-order valence-electron chi connectivity index (χ3n) is 7.52. The van der Waals surface area contributed by atoms with Crippen LogP contribution in [0.5, 0.6) is 17.2 Å². The molecule has 1 fully saturated rings. The van der Waals surface area contributed by atoms with Gasteiger partial charge in [0.25, 0.3) is 5.91 Å². The van der Waals surface area contributed by atoms with Gasteiger partial charge < -0.3 is 20.1 Å².